The van der Waals surface area contributed by atoms with Crippen molar-refractivity contribution in [1.29, 1.82) is 0 Å². The van der Waals surface area contributed by atoms with Crippen molar-refractivity contribution in [2.24, 2.45) is 0 Å². The Morgan fingerprint density at radius 3 is 2.51 bits per heavy atom. The quantitative estimate of drug-likeness (QED) is 0.204. The van der Waals surface area contributed by atoms with Crippen molar-refractivity contribution in [2.45, 2.75) is 18.9 Å². The van der Waals surface area contributed by atoms with Crippen molar-refractivity contribution in [2.75, 3.05) is 14.2 Å². The summed E-state index contributed by atoms with van der Waals surface area (Å²) in [6, 6.07) is 19.3. The maximum atomic E-state index is 13.7. The number of pyridine rings is 1. The van der Waals surface area contributed by atoms with E-state index in [2.05, 4.69) is 4.98 Å². The van der Waals surface area contributed by atoms with Gasteiger partial charge in [0.15, 0.2) is 11.5 Å². The first-order valence-corrected chi connectivity index (χ1v) is 12.8. The van der Waals surface area contributed by atoms with E-state index in [0.717, 1.165) is 11.3 Å². The third-order valence-corrected chi connectivity index (χ3v) is 7.06. The van der Waals surface area contributed by atoms with Gasteiger partial charge < -0.3 is 28.5 Å². The van der Waals surface area contributed by atoms with Crippen LogP contribution in [0.4, 0.5) is 0 Å². The summed E-state index contributed by atoms with van der Waals surface area (Å²) < 4.78 is 28.0. The zero-order valence-corrected chi connectivity index (χ0v) is 22.2. The third-order valence-electron chi connectivity index (χ3n) is 7.06. The molecule has 0 amide bonds. The van der Waals surface area contributed by atoms with Gasteiger partial charge >= 0.3 is 5.97 Å². The lowest BCUT2D eigenvalue weighted by Gasteiger charge is -2.26. The molecule has 3 aromatic carbocycles. The Morgan fingerprint density at radius 2 is 1.78 bits per heavy atom. The minimum absolute atomic E-state index is 0.00528. The van der Waals surface area contributed by atoms with E-state index < -0.39 is 17.3 Å². The number of carbonyl (C=O) groups is 1. The molecule has 9 heteroatoms. The summed E-state index contributed by atoms with van der Waals surface area (Å²) in [7, 11) is 3.03. The number of phenols is 1. The molecule has 0 aliphatic carbocycles. The second-order valence-electron chi connectivity index (χ2n) is 9.47. The van der Waals surface area contributed by atoms with E-state index in [0.29, 0.717) is 35.0 Å². The number of benzene rings is 3. The van der Waals surface area contributed by atoms with Crippen LogP contribution in [0.5, 0.6) is 28.7 Å². The van der Waals surface area contributed by atoms with Gasteiger partial charge in [-0.25, -0.2) is 0 Å². The number of esters is 1. The predicted octanol–water partition coefficient (Wildman–Crippen LogP) is 5.60. The summed E-state index contributed by atoms with van der Waals surface area (Å²) in [5, 5.41) is 10.9. The first-order chi connectivity index (χ1) is 20.0. The smallest absolute Gasteiger partial charge is 0.312 e. The lowest BCUT2D eigenvalue weighted by Crippen LogP contribution is -2.22. The molecule has 9 nitrogen and oxygen atoms in total. The highest BCUT2D eigenvalue weighted by Gasteiger charge is 2.33. The van der Waals surface area contributed by atoms with Crippen LogP contribution in [0.1, 0.15) is 29.2 Å². The van der Waals surface area contributed by atoms with Crippen LogP contribution < -0.4 is 24.4 Å². The van der Waals surface area contributed by atoms with Gasteiger partial charge in [0.25, 0.3) is 0 Å². The molecule has 3 heterocycles. The minimum Gasteiger partial charge on any atom is -0.507 e. The van der Waals surface area contributed by atoms with Crippen LogP contribution >= 0.6 is 0 Å². The van der Waals surface area contributed by atoms with Crippen molar-refractivity contribution >= 4 is 16.9 Å². The Labute approximate surface area is 234 Å². The van der Waals surface area contributed by atoms with Crippen LogP contribution in [-0.2, 0) is 11.4 Å². The Morgan fingerprint density at radius 1 is 0.976 bits per heavy atom. The van der Waals surface area contributed by atoms with E-state index >= 15 is 0 Å². The normalized spacial score (nSPS) is 14.3. The van der Waals surface area contributed by atoms with Gasteiger partial charge in [-0.1, -0.05) is 24.3 Å². The number of aromatic nitrogens is 1. The summed E-state index contributed by atoms with van der Waals surface area (Å²) in [5.41, 5.74) is 2.58. The molecule has 0 spiro atoms. The SMILES string of the molecule is COc1ccc(-c2coc3c4c(cc(O)c3c2=O)OC(=O)C[C@@H]4c2ccc(OCc3ccccn3)cc2)cc1OC. The summed E-state index contributed by atoms with van der Waals surface area (Å²) in [5.74, 6) is 0.458. The average Bonchev–Trinajstić information content (AvgIpc) is 3.00. The third kappa shape index (κ3) is 4.82. The summed E-state index contributed by atoms with van der Waals surface area (Å²) in [4.78, 5) is 30.5. The molecular formula is C32H25NO8. The molecule has 2 aromatic heterocycles. The number of hydrogen-bond acceptors (Lipinski definition) is 9. The molecule has 0 unspecified atom stereocenters. The van der Waals surface area contributed by atoms with Gasteiger partial charge in [0, 0.05) is 23.7 Å². The molecule has 1 aliphatic rings. The molecule has 206 valence electrons. The molecule has 41 heavy (non-hydrogen) atoms. The highest BCUT2D eigenvalue weighted by Crippen LogP contribution is 2.46. The number of hydrogen-bond donors (Lipinski definition) is 1. The molecule has 0 bridgehead atoms. The maximum absolute atomic E-state index is 13.7. The fourth-order valence-electron chi connectivity index (χ4n) is 5.06. The summed E-state index contributed by atoms with van der Waals surface area (Å²) in [6.45, 7) is 0.316. The van der Waals surface area contributed by atoms with Gasteiger partial charge in [-0.05, 0) is 47.5 Å². The summed E-state index contributed by atoms with van der Waals surface area (Å²) in [6.07, 6.45) is 3.08. The van der Waals surface area contributed by atoms with E-state index in [1.165, 1.54) is 26.5 Å². The lowest BCUT2D eigenvalue weighted by atomic mass is 9.85. The van der Waals surface area contributed by atoms with Gasteiger partial charge in [0.05, 0.1) is 31.9 Å². The Hall–Kier alpha value is -5.31. The highest BCUT2D eigenvalue weighted by molar-refractivity contribution is 5.94. The zero-order valence-electron chi connectivity index (χ0n) is 22.2. The maximum Gasteiger partial charge on any atom is 0.312 e. The van der Waals surface area contributed by atoms with E-state index in [-0.39, 0.29) is 34.5 Å². The number of nitrogens with zero attached hydrogens (tertiary/aromatic N) is 1. The van der Waals surface area contributed by atoms with E-state index in [1.807, 2.05) is 42.5 Å². The standard InChI is InChI=1S/C32H25NO8/c1-37-25-11-8-19(13-26(25)38-2)23-17-40-32-29-22(14-28(35)41-27(29)15-24(34)30(32)31(23)36)18-6-9-21(10-7-18)39-16-20-5-3-4-12-33-20/h3-13,15,17,22,34H,14,16H2,1-2H3/t22-/m1/s1. The van der Waals surface area contributed by atoms with Gasteiger partial charge in [0.1, 0.15) is 41.1 Å². The highest BCUT2D eigenvalue weighted by atomic mass is 16.5. The molecule has 1 N–H and O–H groups in total. The van der Waals surface area contributed by atoms with Crippen LogP contribution in [0.2, 0.25) is 0 Å². The Balaban J connectivity index is 1.40. The molecule has 5 aromatic rings. The number of rotatable bonds is 7. The minimum atomic E-state index is -0.478. The van der Waals surface area contributed by atoms with Crippen LogP contribution in [0.25, 0.3) is 22.1 Å². The number of phenolic OH excluding ortho intramolecular Hbond substituents is 1. The van der Waals surface area contributed by atoms with Crippen molar-refractivity contribution in [3.63, 3.8) is 0 Å². The number of methoxy groups -OCH3 is 2. The lowest BCUT2D eigenvalue weighted by molar-refractivity contribution is -0.135. The molecule has 0 fully saturated rings. The topological polar surface area (TPSA) is 117 Å². The summed E-state index contributed by atoms with van der Waals surface area (Å²) >= 11 is 0. The monoisotopic (exact) mass is 551 g/mol. The van der Waals surface area contributed by atoms with Crippen LogP contribution in [-0.4, -0.2) is 30.3 Å². The Bertz CT molecular complexity index is 1810. The molecule has 0 radical (unpaired) electrons. The number of carbonyl (C=O) groups excluding carboxylic acids is 1. The molecule has 6 rings (SSSR count). The van der Waals surface area contributed by atoms with Crippen molar-refractivity contribution in [3.05, 3.63) is 106 Å². The Kier molecular flexibility index (Phi) is 6.76. The van der Waals surface area contributed by atoms with Crippen molar-refractivity contribution in [3.8, 4) is 39.9 Å². The largest absolute Gasteiger partial charge is 0.507 e. The zero-order chi connectivity index (χ0) is 28.5. The van der Waals surface area contributed by atoms with E-state index in [4.69, 9.17) is 23.4 Å². The molecule has 0 saturated carbocycles. The fourth-order valence-corrected chi connectivity index (χ4v) is 5.06. The second-order valence-corrected chi connectivity index (χ2v) is 9.47. The number of fused-ring (bicyclic) bond motifs is 3. The van der Waals surface area contributed by atoms with E-state index in [9.17, 15) is 14.7 Å². The molecule has 1 aliphatic heterocycles. The molecule has 0 saturated heterocycles. The van der Waals surface area contributed by atoms with Crippen LogP contribution in [0.3, 0.4) is 0 Å². The average molecular weight is 552 g/mol. The van der Waals surface area contributed by atoms with Gasteiger partial charge in [-0.15, -0.1) is 0 Å². The van der Waals surface area contributed by atoms with Gasteiger partial charge in [-0.3, -0.25) is 14.6 Å². The number of aromatic hydroxyl groups is 1. The van der Waals surface area contributed by atoms with Crippen LogP contribution in [0, 0.1) is 0 Å². The van der Waals surface area contributed by atoms with Crippen molar-refractivity contribution < 1.29 is 33.3 Å². The molecule has 1 atom stereocenters. The van der Waals surface area contributed by atoms with Crippen molar-refractivity contribution in [1.82, 2.24) is 4.98 Å². The fraction of sp³-hybridized carbons (Fsp3) is 0.156. The first-order valence-electron chi connectivity index (χ1n) is 12.8. The van der Waals surface area contributed by atoms with Gasteiger partial charge in [0.2, 0.25) is 5.43 Å². The predicted molar refractivity (Wildman–Crippen MR) is 150 cm³/mol. The second kappa shape index (κ2) is 10.7. The first kappa shape index (κ1) is 25.9. The van der Waals surface area contributed by atoms with Crippen LogP contribution in [0.15, 0.2) is 88.4 Å². The molecular weight excluding hydrogens is 526 g/mol. The number of ether oxygens (including phenoxy) is 4. The van der Waals surface area contributed by atoms with Gasteiger partial charge in [-0.2, -0.15) is 0 Å². The van der Waals surface area contributed by atoms with E-state index in [1.54, 1.807) is 24.4 Å².